The highest BCUT2D eigenvalue weighted by Gasteiger charge is 2.32. The van der Waals surface area contributed by atoms with Gasteiger partial charge in [0, 0.05) is 18.9 Å². The van der Waals surface area contributed by atoms with Crippen LogP contribution in [0, 0.1) is 0 Å². The zero-order valence-electron chi connectivity index (χ0n) is 13.2. The number of fused-ring (bicyclic) bond motifs is 1. The maximum atomic E-state index is 11.7. The summed E-state index contributed by atoms with van der Waals surface area (Å²) in [6.07, 6.45) is 0.456. The summed E-state index contributed by atoms with van der Waals surface area (Å²) in [4.78, 5) is 50.4. The minimum Gasteiger partial charge on any atom is -0.493 e. The first-order chi connectivity index (χ1) is 12.0. The fraction of sp³-hybridized carbons (Fsp3) is 0.294. The Balaban J connectivity index is 1.50. The lowest BCUT2D eigenvalue weighted by atomic mass is 10.2. The van der Waals surface area contributed by atoms with Crippen LogP contribution in [0.4, 0.5) is 0 Å². The Kier molecular flexibility index (Phi) is 4.78. The molecule has 0 aliphatic carbocycles. The second kappa shape index (κ2) is 7.16. The predicted octanol–water partition coefficient (Wildman–Crippen LogP) is 1.56. The number of imide groups is 1. The molecule has 0 spiro atoms. The summed E-state index contributed by atoms with van der Waals surface area (Å²) in [7, 11) is 0. The number of carbonyl (C=O) groups excluding carboxylic acids is 3. The lowest BCUT2D eigenvalue weighted by Gasteiger charge is -2.12. The van der Waals surface area contributed by atoms with Crippen molar-refractivity contribution < 1.29 is 28.4 Å². The Morgan fingerprint density at radius 2 is 1.84 bits per heavy atom. The molecule has 1 fully saturated rings. The maximum absolute atomic E-state index is 11.7. The van der Waals surface area contributed by atoms with Gasteiger partial charge in [-0.1, -0.05) is 6.07 Å². The minimum atomic E-state index is -0.670. The number of ether oxygens (including phenoxy) is 1. The van der Waals surface area contributed by atoms with Gasteiger partial charge in [0.25, 0.3) is 11.8 Å². The van der Waals surface area contributed by atoms with Crippen LogP contribution in [-0.4, -0.2) is 29.5 Å². The molecule has 0 radical (unpaired) electrons. The van der Waals surface area contributed by atoms with E-state index in [1.54, 1.807) is 24.3 Å². The van der Waals surface area contributed by atoms with E-state index >= 15 is 0 Å². The number of hydrogen-bond donors (Lipinski definition) is 0. The SMILES string of the molecule is O=C(CCCOc1cccc2oc(=O)ccc12)ON1C(=O)CCC1=O. The molecule has 2 aromatic rings. The summed E-state index contributed by atoms with van der Waals surface area (Å²) in [5.74, 6) is -1.16. The van der Waals surface area contributed by atoms with Gasteiger partial charge < -0.3 is 14.0 Å². The average Bonchev–Trinajstić information content (AvgIpc) is 2.90. The van der Waals surface area contributed by atoms with Crippen molar-refractivity contribution >= 4 is 28.8 Å². The first-order valence-corrected chi connectivity index (χ1v) is 7.77. The molecule has 2 heterocycles. The number of rotatable bonds is 6. The zero-order chi connectivity index (χ0) is 17.8. The van der Waals surface area contributed by atoms with E-state index in [-0.39, 0.29) is 25.9 Å². The molecule has 25 heavy (non-hydrogen) atoms. The van der Waals surface area contributed by atoms with Gasteiger partial charge in [-0.3, -0.25) is 9.59 Å². The normalized spacial score (nSPS) is 14.2. The molecule has 1 aromatic heterocycles. The summed E-state index contributed by atoms with van der Waals surface area (Å²) in [5.41, 5.74) is -0.0335. The van der Waals surface area contributed by atoms with Crippen molar-refractivity contribution in [1.29, 1.82) is 0 Å². The van der Waals surface area contributed by atoms with Crippen LogP contribution in [0.3, 0.4) is 0 Å². The zero-order valence-corrected chi connectivity index (χ0v) is 13.2. The highest BCUT2D eigenvalue weighted by molar-refractivity contribution is 6.01. The molecule has 1 aliphatic rings. The Morgan fingerprint density at radius 1 is 1.08 bits per heavy atom. The van der Waals surface area contributed by atoms with Gasteiger partial charge in [-0.2, -0.15) is 0 Å². The molecule has 0 saturated carbocycles. The van der Waals surface area contributed by atoms with E-state index in [0.717, 1.165) is 0 Å². The Bertz CT molecular complexity index is 870. The van der Waals surface area contributed by atoms with Gasteiger partial charge in [0.1, 0.15) is 11.3 Å². The van der Waals surface area contributed by atoms with Crippen molar-refractivity contribution in [1.82, 2.24) is 5.06 Å². The molecule has 0 bridgehead atoms. The van der Waals surface area contributed by atoms with Crippen LogP contribution in [0.15, 0.2) is 39.5 Å². The van der Waals surface area contributed by atoms with Crippen molar-refractivity contribution in [3.8, 4) is 5.75 Å². The van der Waals surface area contributed by atoms with Crippen molar-refractivity contribution in [2.45, 2.75) is 25.7 Å². The third kappa shape index (κ3) is 3.85. The van der Waals surface area contributed by atoms with Crippen LogP contribution in [0.25, 0.3) is 11.0 Å². The van der Waals surface area contributed by atoms with E-state index in [2.05, 4.69) is 0 Å². The van der Waals surface area contributed by atoms with Crippen LogP contribution < -0.4 is 10.4 Å². The number of amides is 2. The molecule has 130 valence electrons. The summed E-state index contributed by atoms with van der Waals surface area (Å²) in [6.45, 7) is 0.217. The van der Waals surface area contributed by atoms with E-state index in [4.69, 9.17) is 14.0 Å². The summed E-state index contributed by atoms with van der Waals surface area (Å²) in [5, 5.41) is 1.17. The van der Waals surface area contributed by atoms with E-state index in [0.29, 0.717) is 28.2 Å². The number of benzene rings is 1. The summed E-state index contributed by atoms with van der Waals surface area (Å²) >= 11 is 0. The lowest BCUT2D eigenvalue weighted by molar-refractivity contribution is -0.197. The molecule has 0 atom stereocenters. The quantitative estimate of drug-likeness (QED) is 0.444. The van der Waals surface area contributed by atoms with Crippen molar-refractivity contribution in [3.63, 3.8) is 0 Å². The monoisotopic (exact) mass is 345 g/mol. The van der Waals surface area contributed by atoms with Crippen molar-refractivity contribution in [2.24, 2.45) is 0 Å². The van der Waals surface area contributed by atoms with E-state index in [1.807, 2.05) is 0 Å². The second-order valence-corrected chi connectivity index (χ2v) is 5.42. The summed E-state index contributed by atoms with van der Waals surface area (Å²) in [6, 6.07) is 7.98. The Morgan fingerprint density at radius 3 is 2.60 bits per heavy atom. The minimum absolute atomic E-state index is 0.00307. The van der Waals surface area contributed by atoms with Gasteiger partial charge >= 0.3 is 11.6 Å². The van der Waals surface area contributed by atoms with Crippen LogP contribution in [-0.2, 0) is 19.2 Å². The highest BCUT2D eigenvalue weighted by Crippen LogP contribution is 2.24. The van der Waals surface area contributed by atoms with Crippen LogP contribution in [0.5, 0.6) is 5.75 Å². The number of hydroxylamine groups is 2. The largest absolute Gasteiger partial charge is 0.493 e. The average molecular weight is 345 g/mol. The predicted molar refractivity (Wildman–Crippen MR) is 84.4 cm³/mol. The molecule has 8 nitrogen and oxygen atoms in total. The van der Waals surface area contributed by atoms with Gasteiger partial charge in [0.05, 0.1) is 18.4 Å². The maximum Gasteiger partial charge on any atom is 0.336 e. The van der Waals surface area contributed by atoms with Crippen molar-refractivity contribution in [2.75, 3.05) is 6.61 Å². The van der Waals surface area contributed by atoms with Gasteiger partial charge in [-0.25, -0.2) is 9.59 Å². The van der Waals surface area contributed by atoms with Gasteiger partial charge in [0.2, 0.25) is 0 Å². The Hall–Kier alpha value is -3.16. The molecule has 0 N–H and O–H groups in total. The third-order valence-corrected chi connectivity index (χ3v) is 3.60. The first kappa shape index (κ1) is 16.7. The molecule has 1 saturated heterocycles. The Labute approximate surface area is 141 Å². The van der Waals surface area contributed by atoms with Gasteiger partial charge in [-0.05, 0) is 24.6 Å². The van der Waals surface area contributed by atoms with Gasteiger partial charge in [0.15, 0.2) is 0 Å². The van der Waals surface area contributed by atoms with Crippen LogP contribution >= 0.6 is 0 Å². The summed E-state index contributed by atoms with van der Waals surface area (Å²) < 4.78 is 10.7. The number of carbonyl (C=O) groups is 3. The molecule has 1 aromatic carbocycles. The third-order valence-electron chi connectivity index (χ3n) is 3.60. The first-order valence-electron chi connectivity index (χ1n) is 7.77. The molecular weight excluding hydrogens is 330 g/mol. The van der Waals surface area contributed by atoms with Crippen molar-refractivity contribution in [3.05, 3.63) is 40.8 Å². The molecular formula is C17H15NO7. The highest BCUT2D eigenvalue weighted by atomic mass is 16.7. The van der Waals surface area contributed by atoms with Gasteiger partial charge in [-0.15, -0.1) is 5.06 Å². The lowest BCUT2D eigenvalue weighted by Crippen LogP contribution is -2.32. The smallest absolute Gasteiger partial charge is 0.336 e. The van der Waals surface area contributed by atoms with E-state index in [9.17, 15) is 19.2 Å². The molecule has 8 heteroatoms. The molecule has 3 rings (SSSR count). The number of hydrogen-bond acceptors (Lipinski definition) is 7. The fourth-order valence-electron chi connectivity index (χ4n) is 2.40. The standard InChI is InChI=1S/C17H15NO7/c19-14-7-8-15(20)18(14)25-17(22)5-2-10-23-12-3-1-4-13-11(12)6-9-16(21)24-13/h1,3-4,6,9H,2,5,7-8,10H2. The molecule has 2 amide bonds. The molecule has 1 aliphatic heterocycles. The second-order valence-electron chi connectivity index (χ2n) is 5.42. The topological polar surface area (TPSA) is 103 Å². The number of nitrogens with zero attached hydrogens (tertiary/aromatic N) is 1. The molecule has 0 unspecified atom stereocenters. The van der Waals surface area contributed by atoms with E-state index in [1.165, 1.54) is 6.07 Å². The van der Waals surface area contributed by atoms with Crippen LogP contribution in [0.2, 0.25) is 0 Å². The van der Waals surface area contributed by atoms with Crippen LogP contribution in [0.1, 0.15) is 25.7 Å². The fourth-order valence-corrected chi connectivity index (χ4v) is 2.40. The van der Waals surface area contributed by atoms with E-state index < -0.39 is 23.4 Å².